The highest BCUT2D eigenvalue weighted by Gasteiger charge is 2.41. The van der Waals surface area contributed by atoms with E-state index in [9.17, 15) is 0 Å². The Morgan fingerprint density at radius 1 is 0.284 bits per heavy atom. The Balaban J connectivity index is 0.908. The molecule has 0 saturated heterocycles. The van der Waals surface area contributed by atoms with Crippen LogP contribution in [-0.4, -0.2) is 0 Å². The van der Waals surface area contributed by atoms with Crippen molar-refractivity contribution >= 4 is 27.8 Å². The quantitative estimate of drug-likeness (QED) is 0.140. The van der Waals surface area contributed by atoms with Crippen LogP contribution >= 0.6 is 0 Å². The van der Waals surface area contributed by atoms with Crippen molar-refractivity contribution in [3.63, 3.8) is 0 Å². The molecule has 0 radical (unpaired) electrons. The number of benzene rings is 11. The second-order valence-corrected chi connectivity index (χ2v) is 17.8. The first-order valence-corrected chi connectivity index (χ1v) is 23.2. The SMILES string of the molecule is CC1(c2ccccc2)c2ccccc2-c2c(-c3ccc(N(c4ccc(-c5ccc(-c6cccc7ccccc67)cc5)cc4)c4ccc(-c5cccc(-c6ccccc6)c5)cc4)cc3)cccc21. The van der Waals surface area contributed by atoms with E-state index in [1.54, 1.807) is 0 Å². The summed E-state index contributed by atoms with van der Waals surface area (Å²) in [5, 5.41) is 2.53. The number of nitrogens with zero attached hydrogens (tertiary/aromatic N) is 1. The van der Waals surface area contributed by atoms with Gasteiger partial charge in [-0.25, -0.2) is 0 Å². The van der Waals surface area contributed by atoms with Gasteiger partial charge in [0.1, 0.15) is 0 Å². The normalized spacial score (nSPS) is 13.8. The minimum absolute atomic E-state index is 0.250. The molecule has 1 aliphatic rings. The molecule has 1 nitrogen and oxygen atoms in total. The Bertz CT molecular complexity index is 3530. The number of rotatable bonds is 9. The van der Waals surface area contributed by atoms with Gasteiger partial charge in [-0.2, -0.15) is 0 Å². The Kier molecular flexibility index (Phi) is 10.0. The fourth-order valence-electron chi connectivity index (χ4n) is 10.5. The molecule has 11 aromatic carbocycles. The molecule has 1 atom stereocenters. The minimum Gasteiger partial charge on any atom is -0.311 e. The Morgan fingerprint density at radius 2 is 0.687 bits per heavy atom. The molecule has 0 fully saturated rings. The van der Waals surface area contributed by atoms with E-state index in [0.29, 0.717) is 0 Å². The predicted molar refractivity (Wildman–Crippen MR) is 283 cm³/mol. The Morgan fingerprint density at radius 3 is 1.36 bits per heavy atom. The molecule has 1 unspecified atom stereocenters. The Hall–Kier alpha value is -8.52. The third kappa shape index (κ3) is 7.13. The van der Waals surface area contributed by atoms with Crippen LogP contribution in [0, 0.1) is 0 Å². The molecular formula is C66H47N. The second kappa shape index (κ2) is 16.8. The molecule has 0 aromatic heterocycles. The monoisotopic (exact) mass is 853 g/mol. The van der Waals surface area contributed by atoms with Gasteiger partial charge < -0.3 is 4.90 Å². The van der Waals surface area contributed by atoms with Crippen molar-refractivity contribution in [3.05, 3.63) is 284 Å². The van der Waals surface area contributed by atoms with Gasteiger partial charge in [0.2, 0.25) is 0 Å². The second-order valence-electron chi connectivity index (χ2n) is 17.8. The van der Waals surface area contributed by atoms with E-state index in [2.05, 4.69) is 279 Å². The van der Waals surface area contributed by atoms with E-state index < -0.39 is 0 Å². The molecule has 0 heterocycles. The standard InChI is InChI=1S/C66H47N/c1-66(55-21-6-3-7-22-55)63-27-11-10-24-62(63)65-61(26-14-28-64(65)66)52-37-43-58(44-38-52)67(57-41-35-49(36-42-57)54-20-12-19-53(45-54)46-15-4-2-5-16-46)56-39-33-48(34-40-56)47-29-31-51(32-30-47)60-25-13-18-50-17-8-9-23-59(50)60/h2-45H,1H3. The fourth-order valence-corrected chi connectivity index (χ4v) is 10.5. The van der Waals surface area contributed by atoms with E-state index in [0.717, 1.165) is 17.1 Å². The molecule has 0 amide bonds. The third-order valence-electron chi connectivity index (χ3n) is 14.0. The number of fused-ring (bicyclic) bond motifs is 4. The summed E-state index contributed by atoms with van der Waals surface area (Å²) < 4.78 is 0. The fraction of sp³-hybridized carbons (Fsp3) is 0.0303. The van der Waals surface area contributed by atoms with Gasteiger partial charge in [-0.05, 0) is 144 Å². The Labute approximate surface area is 393 Å². The average Bonchev–Trinajstić information content (AvgIpc) is 3.68. The van der Waals surface area contributed by atoms with Crippen LogP contribution < -0.4 is 4.90 Å². The third-order valence-corrected chi connectivity index (χ3v) is 14.0. The molecule has 0 saturated carbocycles. The summed E-state index contributed by atoms with van der Waals surface area (Å²) in [4.78, 5) is 2.37. The zero-order valence-electron chi connectivity index (χ0n) is 37.4. The first-order valence-electron chi connectivity index (χ1n) is 23.2. The highest BCUT2D eigenvalue weighted by atomic mass is 15.1. The zero-order valence-corrected chi connectivity index (χ0v) is 37.4. The lowest BCUT2D eigenvalue weighted by Crippen LogP contribution is -2.22. The van der Waals surface area contributed by atoms with Crippen molar-refractivity contribution in [2.75, 3.05) is 4.90 Å². The van der Waals surface area contributed by atoms with E-state index in [4.69, 9.17) is 0 Å². The summed E-state index contributed by atoms with van der Waals surface area (Å²) >= 11 is 0. The first-order chi connectivity index (χ1) is 33.1. The molecule has 11 aromatic rings. The first kappa shape index (κ1) is 40.0. The van der Waals surface area contributed by atoms with Crippen LogP contribution in [0.15, 0.2) is 267 Å². The lowest BCUT2D eigenvalue weighted by atomic mass is 9.74. The van der Waals surface area contributed by atoms with Crippen LogP contribution in [0.4, 0.5) is 17.1 Å². The van der Waals surface area contributed by atoms with Gasteiger partial charge in [-0.15, -0.1) is 0 Å². The minimum atomic E-state index is -0.250. The molecule has 0 aliphatic heterocycles. The molecule has 12 rings (SSSR count). The summed E-state index contributed by atoms with van der Waals surface area (Å²) in [6, 6.07) is 97.5. The van der Waals surface area contributed by atoms with Crippen LogP contribution in [0.1, 0.15) is 23.6 Å². The lowest BCUT2D eigenvalue weighted by Gasteiger charge is -2.28. The summed E-state index contributed by atoms with van der Waals surface area (Å²) in [6.45, 7) is 2.38. The van der Waals surface area contributed by atoms with Gasteiger partial charge in [-0.1, -0.05) is 224 Å². The largest absolute Gasteiger partial charge is 0.311 e. The van der Waals surface area contributed by atoms with Crippen molar-refractivity contribution < 1.29 is 0 Å². The summed E-state index contributed by atoms with van der Waals surface area (Å²) in [6.07, 6.45) is 0. The molecule has 0 spiro atoms. The summed E-state index contributed by atoms with van der Waals surface area (Å²) in [7, 11) is 0. The molecule has 0 N–H and O–H groups in total. The smallest absolute Gasteiger partial charge is 0.0462 e. The predicted octanol–water partition coefficient (Wildman–Crippen LogP) is 18.0. The average molecular weight is 854 g/mol. The molecule has 316 valence electrons. The van der Waals surface area contributed by atoms with E-state index in [1.807, 2.05) is 0 Å². The molecule has 67 heavy (non-hydrogen) atoms. The van der Waals surface area contributed by atoms with Crippen molar-refractivity contribution in [2.24, 2.45) is 0 Å². The van der Waals surface area contributed by atoms with Crippen LogP contribution in [0.3, 0.4) is 0 Å². The van der Waals surface area contributed by atoms with Crippen molar-refractivity contribution in [2.45, 2.75) is 12.3 Å². The molecule has 1 heteroatoms. The van der Waals surface area contributed by atoms with E-state index >= 15 is 0 Å². The van der Waals surface area contributed by atoms with Gasteiger partial charge in [0.25, 0.3) is 0 Å². The lowest BCUT2D eigenvalue weighted by molar-refractivity contribution is 0.714. The highest BCUT2D eigenvalue weighted by Crippen LogP contribution is 2.55. The highest BCUT2D eigenvalue weighted by molar-refractivity contribution is 5.97. The van der Waals surface area contributed by atoms with Gasteiger partial charge in [0.05, 0.1) is 0 Å². The topological polar surface area (TPSA) is 3.24 Å². The molecule has 0 bridgehead atoms. The van der Waals surface area contributed by atoms with Gasteiger partial charge in [-0.3, -0.25) is 0 Å². The molecule has 1 aliphatic carbocycles. The number of hydrogen-bond donors (Lipinski definition) is 0. The van der Waals surface area contributed by atoms with Gasteiger partial charge >= 0.3 is 0 Å². The van der Waals surface area contributed by atoms with Crippen molar-refractivity contribution in [3.8, 4) is 66.8 Å². The van der Waals surface area contributed by atoms with Crippen molar-refractivity contribution in [1.29, 1.82) is 0 Å². The molecular weight excluding hydrogens is 807 g/mol. The van der Waals surface area contributed by atoms with Gasteiger partial charge in [0, 0.05) is 22.5 Å². The maximum atomic E-state index is 2.38. The van der Waals surface area contributed by atoms with Crippen LogP contribution in [-0.2, 0) is 5.41 Å². The summed E-state index contributed by atoms with van der Waals surface area (Å²) in [5.74, 6) is 0. The maximum Gasteiger partial charge on any atom is 0.0462 e. The van der Waals surface area contributed by atoms with E-state index in [-0.39, 0.29) is 5.41 Å². The van der Waals surface area contributed by atoms with Crippen LogP contribution in [0.5, 0.6) is 0 Å². The van der Waals surface area contributed by atoms with E-state index in [1.165, 1.54) is 94.2 Å². The number of hydrogen-bond acceptors (Lipinski definition) is 1. The van der Waals surface area contributed by atoms with Crippen molar-refractivity contribution in [1.82, 2.24) is 0 Å². The van der Waals surface area contributed by atoms with Crippen LogP contribution in [0.25, 0.3) is 77.5 Å². The summed E-state index contributed by atoms with van der Waals surface area (Å²) in [5.41, 5.74) is 21.8. The van der Waals surface area contributed by atoms with Crippen LogP contribution in [0.2, 0.25) is 0 Å². The number of anilines is 3. The van der Waals surface area contributed by atoms with Gasteiger partial charge in [0.15, 0.2) is 0 Å². The zero-order chi connectivity index (χ0) is 44.7. The maximum absolute atomic E-state index is 2.38.